The fourth-order valence-corrected chi connectivity index (χ4v) is 1.73. The van der Waals surface area contributed by atoms with E-state index in [9.17, 15) is 4.79 Å². The number of rotatable bonds is 8. The summed E-state index contributed by atoms with van der Waals surface area (Å²) in [6.45, 7) is 6.62. The van der Waals surface area contributed by atoms with Gasteiger partial charge in [0, 0.05) is 32.7 Å². The number of carbonyl (C=O) groups excluding carboxylic acids is 1. The summed E-state index contributed by atoms with van der Waals surface area (Å²) in [6, 6.07) is 8.20. The van der Waals surface area contributed by atoms with Gasteiger partial charge in [0.2, 0.25) is 5.91 Å². The standard InChI is InChI=1S/C15H24N2O2/c1-12(2)15(18)17-9-8-16-10-13-6-4-5-7-14(13)11-19-3/h4-7,12,16H,8-11H2,1-3H3,(H,17,18). The summed E-state index contributed by atoms with van der Waals surface area (Å²) >= 11 is 0. The molecule has 1 amide bonds. The zero-order valence-corrected chi connectivity index (χ0v) is 12.0. The van der Waals surface area contributed by atoms with Crippen LogP contribution in [0, 0.1) is 5.92 Å². The molecule has 4 nitrogen and oxygen atoms in total. The van der Waals surface area contributed by atoms with Crippen LogP contribution in [0.1, 0.15) is 25.0 Å². The van der Waals surface area contributed by atoms with Gasteiger partial charge in [0.05, 0.1) is 6.61 Å². The zero-order chi connectivity index (χ0) is 14.1. The summed E-state index contributed by atoms with van der Waals surface area (Å²) < 4.78 is 5.17. The first-order chi connectivity index (χ1) is 9.15. The molecule has 0 fully saturated rings. The van der Waals surface area contributed by atoms with Gasteiger partial charge >= 0.3 is 0 Å². The molecule has 0 unspecified atom stereocenters. The van der Waals surface area contributed by atoms with Crippen LogP contribution >= 0.6 is 0 Å². The van der Waals surface area contributed by atoms with Crippen LogP contribution in [-0.4, -0.2) is 26.1 Å². The van der Waals surface area contributed by atoms with Crippen molar-refractivity contribution in [3.8, 4) is 0 Å². The van der Waals surface area contributed by atoms with Crippen LogP contribution in [0.4, 0.5) is 0 Å². The normalized spacial score (nSPS) is 10.7. The van der Waals surface area contributed by atoms with Crippen LogP contribution in [0.15, 0.2) is 24.3 Å². The van der Waals surface area contributed by atoms with Crippen molar-refractivity contribution < 1.29 is 9.53 Å². The van der Waals surface area contributed by atoms with Gasteiger partial charge in [-0.25, -0.2) is 0 Å². The van der Waals surface area contributed by atoms with Crippen molar-refractivity contribution in [1.29, 1.82) is 0 Å². The number of hydrogen-bond donors (Lipinski definition) is 2. The molecule has 1 rings (SSSR count). The van der Waals surface area contributed by atoms with Gasteiger partial charge in [-0.3, -0.25) is 4.79 Å². The highest BCUT2D eigenvalue weighted by atomic mass is 16.5. The van der Waals surface area contributed by atoms with Crippen molar-refractivity contribution in [3.63, 3.8) is 0 Å². The molecule has 0 aliphatic carbocycles. The molecule has 0 aliphatic rings. The Morgan fingerprint density at radius 2 is 1.89 bits per heavy atom. The molecule has 0 spiro atoms. The highest BCUT2D eigenvalue weighted by Crippen LogP contribution is 2.09. The Bertz CT molecular complexity index is 391. The summed E-state index contributed by atoms with van der Waals surface area (Å²) in [6.07, 6.45) is 0. The van der Waals surface area contributed by atoms with E-state index in [2.05, 4.69) is 22.8 Å². The zero-order valence-electron chi connectivity index (χ0n) is 12.0. The molecular weight excluding hydrogens is 240 g/mol. The summed E-state index contributed by atoms with van der Waals surface area (Å²) in [4.78, 5) is 11.4. The Labute approximate surface area is 115 Å². The third kappa shape index (κ3) is 5.85. The maximum Gasteiger partial charge on any atom is 0.222 e. The smallest absolute Gasteiger partial charge is 0.222 e. The average molecular weight is 264 g/mol. The second kappa shape index (κ2) is 8.67. The first-order valence-corrected chi connectivity index (χ1v) is 6.69. The van der Waals surface area contributed by atoms with E-state index in [0.717, 1.165) is 13.1 Å². The topological polar surface area (TPSA) is 50.4 Å². The average Bonchev–Trinajstić information content (AvgIpc) is 2.40. The van der Waals surface area contributed by atoms with Crippen molar-refractivity contribution in [1.82, 2.24) is 10.6 Å². The van der Waals surface area contributed by atoms with Crippen molar-refractivity contribution in [3.05, 3.63) is 35.4 Å². The van der Waals surface area contributed by atoms with Gasteiger partial charge in [-0.15, -0.1) is 0 Å². The maximum absolute atomic E-state index is 11.4. The Morgan fingerprint density at radius 3 is 2.53 bits per heavy atom. The Morgan fingerprint density at radius 1 is 1.21 bits per heavy atom. The number of methoxy groups -OCH3 is 1. The monoisotopic (exact) mass is 264 g/mol. The van der Waals surface area contributed by atoms with E-state index in [1.165, 1.54) is 11.1 Å². The first-order valence-electron chi connectivity index (χ1n) is 6.69. The predicted molar refractivity (Wildman–Crippen MR) is 76.7 cm³/mol. The van der Waals surface area contributed by atoms with E-state index in [1.807, 2.05) is 26.0 Å². The molecule has 1 aromatic rings. The lowest BCUT2D eigenvalue weighted by molar-refractivity contribution is -0.123. The lowest BCUT2D eigenvalue weighted by atomic mass is 10.1. The molecule has 0 heterocycles. The molecule has 0 saturated heterocycles. The fraction of sp³-hybridized carbons (Fsp3) is 0.533. The largest absolute Gasteiger partial charge is 0.380 e. The Kier molecular flexibility index (Phi) is 7.15. The van der Waals surface area contributed by atoms with Gasteiger partial charge in [0.25, 0.3) is 0 Å². The third-order valence-corrected chi connectivity index (χ3v) is 2.86. The molecule has 0 radical (unpaired) electrons. The van der Waals surface area contributed by atoms with Crippen molar-refractivity contribution >= 4 is 5.91 Å². The van der Waals surface area contributed by atoms with Crippen LogP contribution in [0.2, 0.25) is 0 Å². The minimum Gasteiger partial charge on any atom is -0.380 e. The van der Waals surface area contributed by atoms with Gasteiger partial charge in [-0.2, -0.15) is 0 Å². The number of amides is 1. The number of nitrogens with one attached hydrogen (secondary N) is 2. The summed E-state index contributed by atoms with van der Waals surface area (Å²) in [5, 5.41) is 6.21. The summed E-state index contributed by atoms with van der Waals surface area (Å²) in [5.41, 5.74) is 2.43. The number of ether oxygens (including phenoxy) is 1. The fourth-order valence-electron chi connectivity index (χ4n) is 1.73. The molecule has 106 valence electrons. The van der Waals surface area contributed by atoms with E-state index in [1.54, 1.807) is 7.11 Å². The molecule has 19 heavy (non-hydrogen) atoms. The van der Waals surface area contributed by atoms with E-state index < -0.39 is 0 Å². The molecule has 0 aromatic heterocycles. The molecular formula is C15H24N2O2. The molecule has 0 saturated carbocycles. The van der Waals surface area contributed by atoms with Gasteiger partial charge in [-0.1, -0.05) is 38.1 Å². The summed E-state index contributed by atoms with van der Waals surface area (Å²) in [7, 11) is 1.70. The Hall–Kier alpha value is -1.39. The molecule has 0 atom stereocenters. The molecule has 0 bridgehead atoms. The van der Waals surface area contributed by atoms with Crippen LogP contribution in [0.3, 0.4) is 0 Å². The Balaban J connectivity index is 2.28. The van der Waals surface area contributed by atoms with E-state index in [-0.39, 0.29) is 11.8 Å². The number of hydrogen-bond acceptors (Lipinski definition) is 3. The van der Waals surface area contributed by atoms with Gasteiger partial charge in [-0.05, 0) is 11.1 Å². The lowest BCUT2D eigenvalue weighted by Gasteiger charge is -2.11. The molecule has 0 aliphatic heterocycles. The second-order valence-corrected chi connectivity index (χ2v) is 4.82. The maximum atomic E-state index is 11.4. The minimum absolute atomic E-state index is 0.0439. The first kappa shape index (κ1) is 15.7. The van der Waals surface area contributed by atoms with Crippen LogP contribution < -0.4 is 10.6 Å². The van der Waals surface area contributed by atoms with Crippen molar-refractivity contribution in [2.75, 3.05) is 20.2 Å². The summed E-state index contributed by atoms with van der Waals surface area (Å²) in [5.74, 6) is 0.143. The van der Waals surface area contributed by atoms with E-state index >= 15 is 0 Å². The molecule has 2 N–H and O–H groups in total. The molecule has 1 aromatic carbocycles. The van der Waals surface area contributed by atoms with Crippen molar-refractivity contribution in [2.45, 2.75) is 27.0 Å². The third-order valence-electron chi connectivity index (χ3n) is 2.86. The quantitative estimate of drug-likeness (QED) is 0.703. The van der Waals surface area contributed by atoms with Crippen molar-refractivity contribution in [2.24, 2.45) is 5.92 Å². The van der Waals surface area contributed by atoms with E-state index in [4.69, 9.17) is 4.74 Å². The lowest BCUT2D eigenvalue weighted by Crippen LogP contribution is -2.34. The van der Waals surface area contributed by atoms with Crippen LogP contribution in [0.25, 0.3) is 0 Å². The van der Waals surface area contributed by atoms with Gasteiger partial charge < -0.3 is 15.4 Å². The number of benzene rings is 1. The predicted octanol–water partition coefficient (Wildman–Crippen LogP) is 1.69. The van der Waals surface area contributed by atoms with Crippen LogP contribution in [-0.2, 0) is 22.7 Å². The van der Waals surface area contributed by atoms with Gasteiger partial charge in [0.15, 0.2) is 0 Å². The number of carbonyl (C=O) groups is 1. The molecule has 4 heteroatoms. The van der Waals surface area contributed by atoms with Gasteiger partial charge in [0.1, 0.15) is 0 Å². The highest BCUT2D eigenvalue weighted by molar-refractivity contribution is 5.77. The van der Waals surface area contributed by atoms with E-state index in [0.29, 0.717) is 13.2 Å². The second-order valence-electron chi connectivity index (χ2n) is 4.82. The van der Waals surface area contributed by atoms with Crippen LogP contribution in [0.5, 0.6) is 0 Å². The SMILES string of the molecule is COCc1ccccc1CNCCNC(=O)C(C)C. The highest BCUT2D eigenvalue weighted by Gasteiger charge is 2.05. The minimum atomic E-state index is 0.0439.